The minimum Gasteiger partial charge on any atom is -0.469 e. The summed E-state index contributed by atoms with van der Waals surface area (Å²) >= 11 is 2.93. The molecule has 11 nitrogen and oxygen atoms in total. The van der Waals surface area contributed by atoms with Crippen molar-refractivity contribution >= 4 is 46.9 Å². The van der Waals surface area contributed by atoms with Gasteiger partial charge in [0.25, 0.3) is 5.91 Å². The fraction of sp³-hybridized carbons (Fsp3) is 0.621. The number of alkyl halides is 3. The van der Waals surface area contributed by atoms with Crippen LogP contribution in [0.4, 0.5) is 13.2 Å². The van der Waals surface area contributed by atoms with E-state index in [1.807, 2.05) is 18.7 Å². The summed E-state index contributed by atoms with van der Waals surface area (Å²) in [6.45, 7) is 4.81. The molecule has 0 unspecified atom stereocenters. The molecule has 0 saturated carbocycles. The number of thiazole rings is 1. The zero-order valence-corrected chi connectivity index (χ0v) is 27.4. The number of esters is 2. The van der Waals surface area contributed by atoms with Crippen molar-refractivity contribution in [1.29, 1.82) is 0 Å². The molecule has 2 aromatic heterocycles. The van der Waals surface area contributed by atoms with Crippen molar-refractivity contribution in [3.05, 3.63) is 39.9 Å². The third-order valence-electron chi connectivity index (χ3n) is 7.45. The van der Waals surface area contributed by atoms with Gasteiger partial charge in [-0.15, -0.1) is 11.3 Å². The Bertz CT molecular complexity index is 1320. The quantitative estimate of drug-likeness (QED) is 0.269. The molecule has 0 bridgehead atoms. The van der Waals surface area contributed by atoms with E-state index in [-0.39, 0.29) is 42.7 Å². The normalized spacial score (nSPS) is 16.1. The smallest absolute Gasteiger partial charge is 0.419 e. The number of nitrogens with zero attached hydrogens (tertiary/aromatic N) is 4. The number of carbonyl (C=O) groups excluding carboxylic acids is 4. The van der Waals surface area contributed by atoms with Crippen LogP contribution in [0.1, 0.15) is 79.4 Å². The topological polar surface area (TPSA) is 141 Å². The van der Waals surface area contributed by atoms with Crippen LogP contribution < -0.4 is 5.32 Å². The fourth-order valence-corrected chi connectivity index (χ4v) is 6.43. The first-order valence-corrected chi connectivity index (χ1v) is 16.5. The maximum absolute atomic E-state index is 13.3. The molecule has 2 aromatic rings. The van der Waals surface area contributed by atoms with Gasteiger partial charge in [0, 0.05) is 63.1 Å². The van der Waals surface area contributed by atoms with Crippen molar-refractivity contribution in [3.8, 4) is 0 Å². The van der Waals surface area contributed by atoms with Gasteiger partial charge in [-0.2, -0.15) is 24.9 Å². The summed E-state index contributed by atoms with van der Waals surface area (Å²) in [5.74, 6) is 0.0578. The van der Waals surface area contributed by atoms with Crippen molar-refractivity contribution in [2.24, 2.45) is 11.8 Å². The van der Waals surface area contributed by atoms with Gasteiger partial charge in [0.1, 0.15) is 16.5 Å². The van der Waals surface area contributed by atoms with Crippen molar-refractivity contribution in [2.45, 2.75) is 77.2 Å². The molecule has 2 amide bonds. The third-order valence-corrected chi connectivity index (χ3v) is 9.80. The van der Waals surface area contributed by atoms with Crippen molar-refractivity contribution < 1.29 is 41.8 Å². The van der Waals surface area contributed by atoms with Gasteiger partial charge in [-0.3, -0.25) is 19.2 Å². The van der Waals surface area contributed by atoms with E-state index >= 15 is 0 Å². The van der Waals surface area contributed by atoms with Crippen LogP contribution in [0.3, 0.4) is 0 Å². The summed E-state index contributed by atoms with van der Waals surface area (Å²) in [7, 11) is 2.97. The first-order valence-electron chi connectivity index (χ1n) is 14.4. The number of halogens is 3. The second-order valence-corrected chi connectivity index (χ2v) is 13.0. The molecule has 4 atom stereocenters. The van der Waals surface area contributed by atoms with Crippen LogP contribution in [-0.2, 0) is 36.5 Å². The average molecular weight is 674 g/mol. The SMILES string of the molecule is CC[C@@H](C[C@@H](OC(C)=O)c1nc(C(=O)N[C@@H](Cc2ncc(C(F)(F)F)cn2)C[C@H](C)C(=O)OC)cs1)N(C)C(=O)CC1CSC1. The maximum atomic E-state index is 13.3. The second kappa shape index (κ2) is 16.3. The number of carbonyl (C=O) groups is 4. The van der Waals surface area contributed by atoms with Gasteiger partial charge in [0.05, 0.1) is 18.6 Å². The summed E-state index contributed by atoms with van der Waals surface area (Å²) in [5.41, 5.74) is -0.985. The summed E-state index contributed by atoms with van der Waals surface area (Å²) in [4.78, 5) is 63.9. The molecule has 3 rings (SSSR count). The first-order chi connectivity index (χ1) is 21.2. The number of ether oxygens (including phenoxy) is 2. The predicted octanol–water partition coefficient (Wildman–Crippen LogP) is 4.48. The highest BCUT2D eigenvalue weighted by Gasteiger charge is 2.33. The standard InChI is InChI=1S/C29H38F3N5O6S2/c1-6-21(37(4)25(39)8-18-13-44-14-18)10-23(43-17(3)38)27-36-22(15-45-27)26(40)35-20(7-16(2)28(41)42-5)9-24-33-11-19(12-34-24)29(30,31)32/h11-12,15-16,18,20-21,23H,6-10,13-14H2,1-5H3,(H,35,40)/t16-,20+,21-,23+/m0/s1. The number of rotatable bonds is 15. The molecule has 0 aliphatic carbocycles. The Morgan fingerprint density at radius 3 is 2.36 bits per heavy atom. The third kappa shape index (κ3) is 10.7. The predicted molar refractivity (Wildman–Crippen MR) is 161 cm³/mol. The van der Waals surface area contributed by atoms with Gasteiger partial charge in [0.2, 0.25) is 5.91 Å². The lowest BCUT2D eigenvalue weighted by molar-refractivity contribution is -0.148. The number of methoxy groups -OCH3 is 1. The Hall–Kier alpha value is -3.27. The van der Waals surface area contributed by atoms with E-state index in [1.54, 1.807) is 18.9 Å². The van der Waals surface area contributed by atoms with E-state index in [2.05, 4.69) is 20.3 Å². The van der Waals surface area contributed by atoms with Gasteiger partial charge in [-0.05, 0) is 30.3 Å². The number of hydrogen-bond acceptors (Lipinski definition) is 11. The van der Waals surface area contributed by atoms with Crippen LogP contribution >= 0.6 is 23.1 Å². The van der Waals surface area contributed by atoms with Crippen molar-refractivity contribution in [2.75, 3.05) is 25.7 Å². The fourth-order valence-electron chi connectivity index (χ4n) is 4.79. The molecule has 16 heteroatoms. The lowest BCUT2D eigenvalue weighted by Crippen LogP contribution is -2.40. The van der Waals surface area contributed by atoms with E-state index in [9.17, 15) is 32.3 Å². The molecule has 0 spiro atoms. The van der Waals surface area contributed by atoms with E-state index in [0.717, 1.165) is 22.8 Å². The first kappa shape index (κ1) is 36.2. The average Bonchev–Trinajstić information content (AvgIpc) is 3.46. The molecule has 0 aromatic carbocycles. The number of nitrogens with one attached hydrogen (secondary N) is 1. The molecule has 45 heavy (non-hydrogen) atoms. The lowest BCUT2D eigenvalue weighted by Gasteiger charge is -2.32. The highest BCUT2D eigenvalue weighted by Crippen LogP contribution is 2.31. The molecule has 3 heterocycles. The largest absolute Gasteiger partial charge is 0.469 e. The van der Waals surface area contributed by atoms with E-state index in [4.69, 9.17) is 9.47 Å². The van der Waals surface area contributed by atoms with Gasteiger partial charge in [-0.1, -0.05) is 13.8 Å². The molecular formula is C29H38F3N5O6S2. The molecule has 1 aliphatic rings. The molecule has 1 aliphatic heterocycles. The number of hydrogen-bond donors (Lipinski definition) is 1. The Kier molecular flexibility index (Phi) is 13.1. The Morgan fingerprint density at radius 1 is 1.16 bits per heavy atom. The second-order valence-electron chi connectivity index (χ2n) is 11.0. The maximum Gasteiger partial charge on any atom is 0.419 e. The van der Waals surface area contributed by atoms with Crippen LogP contribution in [0, 0.1) is 11.8 Å². The van der Waals surface area contributed by atoms with Gasteiger partial charge in [0.15, 0.2) is 6.10 Å². The monoisotopic (exact) mass is 673 g/mol. The van der Waals surface area contributed by atoms with Crippen LogP contribution in [0.5, 0.6) is 0 Å². The minimum absolute atomic E-state index is 0.0242. The van der Waals surface area contributed by atoms with Crippen LogP contribution in [-0.4, -0.2) is 81.4 Å². The van der Waals surface area contributed by atoms with E-state index < -0.39 is 47.6 Å². The summed E-state index contributed by atoms with van der Waals surface area (Å²) in [6.07, 6.45) is -2.68. The van der Waals surface area contributed by atoms with Gasteiger partial charge >= 0.3 is 18.1 Å². The van der Waals surface area contributed by atoms with Crippen LogP contribution in [0.2, 0.25) is 0 Å². The summed E-state index contributed by atoms with van der Waals surface area (Å²) in [5, 5.41) is 4.65. The highest BCUT2D eigenvalue weighted by atomic mass is 32.2. The van der Waals surface area contributed by atoms with Crippen LogP contribution in [0.25, 0.3) is 0 Å². The minimum atomic E-state index is -4.60. The number of amides is 2. The Labute approximate surface area is 268 Å². The lowest BCUT2D eigenvalue weighted by atomic mass is 9.99. The molecule has 1 saturated heterocycles. The zero-order chi connectivity index (χ0) is 33.3. The molecular weight excluding hydrogens is 635 g/mol. The van der Waals surface area contributed by atoms with E-state index in [0.29, 0.717) is 36.2 Å². The zero-order valence-electron chi connectivity index (χ0n) is 25.8. The molecule has 1 fully saturated rings. The summed E-state index contributed by atoms with van der Waals surface area (Å²) in [6, 6.07) is -0.986. The van der Waals surface area contributed by atoms with Crippen molar-refractivity contribution in [1.82, 2.24) is 25.2 Å². The number of aromatic nitrogens is 3. The highest BCUT2D eigenvalue weighted by molar-refractivity contribution is 8.00. The van der Waals surface area contributed by atoms with Crippen molar-refractivity contribution in [3.63, 3.8) is 0 Å². The summed E-state index contributed by atoms with van der Waals surface area (Å²) < 4.78 is 49.2. The van der Waals surface area contributed by atoms with Gasteiger partial charge in [-0.25, -0.2) is 15.0 Å². The van der Waals surface area contributed by atoms with Crippen LogP contribution in [0.15, 0.2) is 17.8 Å². The number of thioether (sulfide) groups is 1. The Morgan fingerprint density at radius 2 is 1.82 bits per heavy atom. The molecule has 248 valence electrons. The molecule has 1 N–H and O–H groups in total. The van der Waals surface area contributed by atoms with Gasteiger partial charge < -0.3 is 19.7 Å². The van der Waals surface area contributed by atoms with E-state index in [1.165, 1.54) is 19.4 Å². The molecule has 0 radical (unpaired) electrons. The Balaban J connectivity index is 1.75.